The summed E-state index contributed by atoms with van der Waals surface area (Å²) < 4.78 is 61.9. The van der Waals surface area contributed by atoms with E-state index in [0.717, 1.165) is 6.07 Å². The molecule has 0 fully saturated rings. The number of carboxylic acids is 1. The van der Waals surface area contributed by atoms with E-state index in [1.807, 2.05) is 0 Å². The van der Waals surface area contributed by atoms with E-state index in [1.165, 1.54) is 55.6 Å². The maximum absolute atomic E-state index is 14.8. The van der Waals surface area contributed by atoms with Crippen LogP contribution in [0.25, 0.3) is 10.9 Å². The Morgan fingerprint density at radius 1 is 0.914 bits per heavy atom. The maximum Gasteiger partial charge on any atom is 0.418 e. The van der Waals surface area contributed by atoms with Crippen molar-refractivity contribution >= 4 is 46.2 Å². The monoisotopic (exact) mass is 809 g/mol. The first-order valence-corrected chi connectivity index (χ1v) is 19.0. The largest absolute Gasteiger partial charge is 0.497 e. The second kappa shape index (κ2) is 17.7. The first kappa shape index (κ1) is 43.2. The third-order valence-corrected chi connectivity index (χ3v) is 11.0. The van der Waals surface area contributed by atoms with Crippen LogP contribution in [0.3, 0.4) is 0 Å². The SMILES string of the molecule is CCC(C)C(NC(=O)Cc1ccccc1F)C(=O)N[C@@]1(C(=O)NC(C(=O)Nc2ccc(OC)cc2C(=O)O)C(C)CC)CCc2[nH]c3c(C(F)(F)F)cccc3c2C1. The summed E-state index contributed by atoms with van der Waals surface area (Å²) in [5.41, 5.74) is -2.35. The molecule has 5 rings (SSSR count). The average molecular weight is 810 g/mol. The number of para-hydroxylation sites is 1. The lowest BCUT2D eigenvalue weighted by Gasteiger charge is -2.39. The van der Waals surface area contributed by atoms with Crippen LogP contribution in [-0.4, -0.2) is 64.4 Å². The number of amides is 4. The van der Waals surface area contributed by atoms with Crippen molar-refractivity contribution in [1.82, 2.24) is 20.9 Å². The number of carbonyl (C=O) groups excluding carboxylic acids is 4. The summed E-state index contributed by atoms with van der Waals surface area (Å²) >= 11 is 0. The molecule has 310 valence electrons. The van der Waals surface area contributed by atoms with Gasteiger partial charge in [0.15, 0.2) is 0 Å². The standard InChI is InChI=1S/C42H47F4N5O7/c1-6-22(3)34(37(53)48-31-16-15-25(58-5)20-27(31)39(55)56)50-40(57)41(18-17-32-28(21-41)26-12-10-13-29(36(26)47-32)42(44,45)46)51-38(54)35(23(4)7-2)49-33(52)19-24-11-8-9-14-30(24)43/h8-16,20,22-23,34-35,47H,6-7,17-19,21H2,1-5H3,(H,48,53)(H,49,52)(H,50,57)(H,51,54)(H,55,56)/t22?,23?,34?,35?,41-/m0/s1. The number of methoxy groups -OCH3 is 1. The van der Waals surface area contributed by atoms with Crippen LogP contribution in [0.4, 0.5) is 23.2 Å². The first-order chi connectivity index (χ1) is 27.4. The number of anilines is 1. The van der Waals surface area contributed by atoms with Gasteiger partial charge in [-0.15, -0.1) is 0 Å². The Bertz CT molecular complexity index is 2210. The van der Waals surface area contributed by atoms with E-state index >= 15 is 0 Å². The molecule has 1 aliphatic carbocycles. The molecule has 58 heavy (non-hydrogen) atoms. The molecule has 1 aliphatic rings. The van der Waals surface area contributed by atoms with Gasteiger partial charge in [0, 0.05) is 17.5 Å². The molecule has 1 heterocycles. The lowest BCUT2D eigenvalue weighted by molar-refractivity contribution is -0.138. The summed E-state index contributed by atoms with van der Waals surface area (Å²) in [7, 11) is 1.35. The minimum absolute atomic E-state index is 0.0245. The Morgan fingerprint density at radius 2 is 1.59 bits per heavy atom. The number of aryl methyl sites for hydroxylation is 1. The van der Waals surface area contributed by atoms with E-state index < -0.39 is 76.6 Å². The molecule has 0 bridgehead atoms. The van der Waals surface area contributed by atoms with E-state index in [4.69, 9.17) is 4.74 Å². The highest BCUT2D eigenvalue weighted by atomic mass is 19.4. The molecule has 16 heteroatoms. The number of fused-ring (bicyclic) bond motifs is 3. The molecular weight excluding hydrogens is 762 g/mol. The lowest BCUT2D eigenvalue weighted by Crippen LogP contribution is -2.67. The van der Waals surface area contributed by atoms with Crippen molar-refractivity contribution in [3.05, 3.63) is 94.4 Å². The summed E-state index contributed by atoms with van der Waals surface area (Å²) in [5.74, 6) is -5.73. The van der Waals surface area contributed by atoms with Crippen molar-refractivity contribution < 1.29 is 51.4 Å². The van der Waals surface area contributed by atoms with Gasteiger partial charge in [-0.05, 0) is 66.1 Å². The molecule has 3 aromatic carbocycles. The molecule has 0 radical (unpaired) electrons. The van der Waals surface area contributed by atoms with E-state index in [2.05, 4.69) is 26.3 Å². The molecule has 4 amide bonds. The zero-order valence-electron chi connectivity index (χ0n) is 32.7. The van der Waals surface area contributed by atoms with Gasteiger partial charge in [-0.1, -0.05) is 70.9 Å². The first-order valence-electron chi connectivity index (χ1n) is 19.0. The van der Waals surface area contributed by atoms with Gasteiger partial charge in [0.1, 0.15) is 29.2 Å². The van der Waals surface area contributed by atoms with E-state index in [0.29, 0.717) is 24.1 Å². The van der Waals surface area contributed by atoms with Crippen LogP contribution in [0.2, 0.25) is 0 Å². The number of aromatic carboxylic acids is 1. The van der Waals surface area contributed by atoms with Crippen LogP contribution in [0, 0.1) is 17.7 Å². The molecule has 4 unspecified atom stereocenters. The highest BCUT2D eigenvalue weighted by Gasteiger charge is 2.47. The van der Waals surface area contributed by atoms with Crippen molar-refractivity contribution in [1.29, 1.82) is 0 Å². The number of benzene rings is 3. The summed E-state index contributed by atoms with van der Waals surface area (Å²) in [5, 5.41) is 21.0. The van der Waals surface area contributed by atoms with Crippen molar-refractivity contribution in [2.45, 2.75) is 90.0 Å². The van der Waals surface area contributed by atoms with E-state index in [1.54, 1.807) is 33.8 Å². The number of ether oxygens (including phenoxy) is 1. The van der Waals surface area contributed by atoms with Crippen LogP contribution in [0.5, 0.6) is 5.75 Å². The number of H-pyrrole nitrogens is 1. The number of hydrogen-bond donors (Lipinski definition) is 6. The highest BCUT2D eigenvalue weighted by molar-refractivity contribution is 6.05. The van der Waals surface area contributed by atoms with Gasteiger partial charge >= 0.3 is 12.1 Å². The molecule has 4 aromatic rings. The van der Waals surface area contributed by atoms with E-state index in [9.17, 15) is 46.6 Å². The fourth-order valence-corrected chi connectivity index (χ4v) is 7.25. The zero-order chi connectivity index (χ0) is 42.5. The van der Waals surface area contributed by atoms with Crippen LogP contribution in [-0.2, 0) is 44.6 Å². The van der Waals surface area contributed by atoms with Gasteiger partial charge in [0.25, 0.3) is 0 Å². The minimum atomic E-state index is -4.69. The molecular formula is C42H47F4N5O7. The van der Waals surface area contributed by atoms with Crippen molar-refractivity contribution in [3.8, 4) is 5.75 Å². The fourth-order valence-electron chi connectivity index (χ4n) is 7.25. The van der Waals surface area contributed by atoms with Gasteiger partial charge in [0.05, 0.1) is 35.9 Å². The topological polar surface area (TPSA) is 179 Å². The predicted molar refractivity (Wildman–Crippen MR) is 208 cm³/mol. The predicted octanol–water partition coefficient (Wildman–Crippen LogP) is 6.32. The molecule has 6 N–H and O–H groups in total. The van der Waals surface area contributed by atoms with Crippen molar-refractivity contribution in [2.24, 2.45) is 11.8 Å². The number of carbonyl (C=O) groups is 5. The average Bonchev–Trinajstić information content (AvgIpc) is 3.56. The van der Waals surface area contributed by atoms with Gasteiger partial charge in [-0.2, -0.15) is 13.2 Å². The summed E-state index contributed by atoms with van der Waals surface area (Å²) in [4.78, 5) is 71.4. The van der Waals surface area contributed by atoms with E-state index in [-0.39, 0.29) is 59.2 Å². The number of aromatic amines is 1. The Hall–Kier alpha value is -5.93. The zero-order valence-corrected chi connectivity index (χ0v) is 32.7. The third-order valence-electron chi connectivity index (χ3n) is 11.0. The quantitative estimate of drug-likeness (QED) is 0.0761. The molecule has 0 saturated heterocycles. The van der Waals surface area contributed by atoms with Gasteiger partial charge in [0.2, 0.25) is 23.6 Å². The summed E-state index contributed by atoms with van der Waals surface area (Å²) in [6.45, 7) is 6.98. The molecule has 0 aliphatic heterocycles. The Labute approximate surface area is 332 Å². The second-order valence-corrected chi connectivity index (χ2v) is 14.8. The number of rotatable bonds is 15. The lowest BCUT2D eigenvalue weighted by atomic mass is 9.78. The number of hydrogen-bond acceptors (Lipinski definition) is 6. The van der Waals surface area contributed by atoms with Gasteiger partial charge in [-0.25, -0.2) is 9.18 Å². The smallest absolute Gasteiger partial charge is 0.418 e. The summed E-state index contributed by atoms with van der Waals surface area (Å²) in [6.07, 6.45) is -4.65. The van der Waals surface area contributed by atoms with Crippen molar-refractivity contribution in [3.63, 3.8) is 0 Å². The van der Waals surface area contributed by atoms with Gasteiger partial charge in [-0.3, -0.25) is 19.2 Å². The van der Waals surface area contributed by atoms with Crippen molar-refractivity contribution in [2.75, 3.05) is 12.4 Å². The summed E-state index contributed by atoms with van der Waals surface area (Å²) in [6, 6.07) is 10.9. The molecule has 1 aromatic heterocycles. The normalized spacial score (nSPS) is 17.3. The fraction of sp³-hybridized carbons (Fsp3) is 0.405. The third kappa shape index (κ3) is 9.27. The number of halogens is 4. The Morgan fingerprint density at radius 3 is 2.21 bits per heavy atom. The number of aromatic nitrogens is 1. The molecule has 12 nitrogen and oxygen atoms in total. The van der Waals surface area contributed by atoms with Crippen LogP contribution in [0.1, 0.15) is 79.7 Å². The Balaban J connectivity index is 1.53. The second-order valence-electron chi connectivity index (χ2n) is 14.8. The minimum Gasteiger partial charge on any atom is -0.497 e. The molecule has 5 atom stereocenters. The van der Waals surface area contributed by atoms with Gasteiger partial charge < -0.3 is 36.1 Å². The molecule has 0 spiro atoms. The number of alkyl halides is 3. The maximum atomic E-state index is 14.8. The van der Waals surface area contributed by atoms with Crippen LogP contribution in [0.15, 0.2) is 60.7 Å². The number of carboxylic acid groups (broad SMARTS) is 1. The highest BCUT2D eigenvalue weighted by Crippen LogP contribution is 2.40. The molecule has 0 saturated carbocycles. The van der Waals surface area contributed by atoms with Crippen LogP contribution >= 0.6 is 0 Å². The Kier molecular flexibility index (Phi) is 13.2. The number of nitrogens with one attached hydrogen (secondary N) is 5. The van der Waals surface area contributed by atoms with Crippen LogP contribution < -0.4 is 26.0 Å².